The van der Waals surface area contributed by atoms with Gasteiger partial charge in [0.15, 0.2) is 0 Å². The summed E-state index contributed by atoms with van der Waals surface area (Å²) in [7, 11) is 0. The number of hydrogen-bond acceptors (Lipinski definition) is 6. The molecule has 0 amide bonds. The van der Waals surface area contributed by atoms with Crippen LogP contribution in [0.3, 0.4) is 0 Å². The second-order valence-corrected chi connectivity index (χ2v) is 8.79. The summed E-state index contributed by atoms with van der Waals surface area (Å²) in [6.07, 6.45) is 4.57. The predicted octanol–water partition coefficient (Wildman–Crippen LogP) is 3.97. The van der Waals surface area contributed by atoms with E-state index in [1.165, 1.54) is 11.8 Å². The molecule has 0 bridgehead atoms. The van der Waals surface area contributed by atoms with Gasteiger partial charge in [0.2, 0.25) is 5.95 Å². The summed E-state index contributed by atoms with van der Waals surface area (Å²) in [6.45, 7) is 6.08. The van der Waals surface area contributed by atoms with Crippen molar-refractivity contribution < 1.29 is 8.78 Å². The smallest absolute Gasteiger partial charge is 0.229 e. The summed E-state index contributed by atoms with van der Waals surface area (Å²) in [5, 5.41) is 4.08. The second-order valence-electron chi connectivity index (χ2n) is 8.79. The lowest BCUT2D eigenvalue weighted by Gasteiger charge is -2.36. The monoisotopic (exact) mass is 477 g/mol. The summed E-state index contributed by atoms with van der Waals surface area (Å²) in [5.41, 5.74) is 8.61. The maximum Gasteiger partial charge on any atom is 0.229 e. The quantitative estimate of drug-likeness (QED) is 0.400. The lowest BCUT2D eigenvalue weighted by Crippen LogP contribution is -2.46. The molecular formula is C26H29F2N7. The van der Waals surface area contributed by atoms with E-state index in [9.17, 15) is 8.78 Å². The predicted molar refractivity (Wildman–Crippen MR) is 135 cm³/mol. The molecule has 0 atom stereocenters. The molecule has 1 saturated heterocycles. The van der Waals surface area contributed by atoms with Gasteiger partial charge in [-0.3, -0.25) is 4.90 Å². The Kier molecular flexibility index (Phi) is 6.87. The molecule has 0 unspecified atom stereocenters. The molecule has 2 aromatic heterocycles. The minimum atomic E-state index is -0.466. The Morgan fingerprint density at radius 1 is 0.971 bits per heavy atom. The van der Waals surface area contributed by atoms with E-state index in [4.69, 9.17) is 5.73 Å². The van der Waals surface area contributed by atoms with E-state index in [-0.39, 0.29) is 12.1 Å². The third-order valence-corrected chi connectivity index (χ3v) is 6.39. The Bertz CT molecular complexity index is 1280. The molecule has 9 heteroatoms. The summed E-state index contributed by atoms with van der Waals surface area (Å²) in [5.74, 6) is -0.470. The topological polar surface area (TPSA) is 75.2 Å². The summed E-state index contributed by atoms with van der Waals surface area (Å²) in [4.78, 5) is 13.9. The van der Waals surface area contributed by atoms with Crippen molar-refractivity contribution in [1.82, 2.24) is 19.4 Å². The van der Waals surface area contributed by atoms with Crippen molar-refractivity contribution in [2.24, 2.45) is 5.73 Å². The number of rotatable bonds is 8. The average Bonchev–Trinajstić information content (AvgIpc) is 3.28. The molecule has 7 nitrogen and oxygen atoms in total. The van der Waals surface area contributed by atoms with Crippen LogP contribution in [0.1, 0.15) is 12.0 Å². The van der Waals surface area contributed by atoms with E-state index in [0.29, 0.717) is 11.6 Å². The van der Waals surface area contributed by atoms with Crippen molar-refractivity contribution in [2.75, 3.05) is 49.5 Å². The first-order chi connectivity index (χ1) is 17.1. The number of fused-ring (bicyclic) bond motifs is 1. The van der Waals surface area contributed by atoms with E-state index in [2.05, 4.69) is 37.2 Å². The minimum Gasteiger partial charge on any atom is -0.369 e. The minimum absolute atomic E-state index is 0.178. The largest absolute Gasteiger partial charge is 0.369 e. The van der Waals surface area contributed by atoms with Crippen LogP contribution >= 0.6 is 0 Å². The van der Waals surface area contributed by atoms with Gasteiger partial charge in [0.05, 0.1) is 6.54 Å². The standard InChI is InChI=1S/C26H29F2N7/c27-21-2-7-24(28)20(16-21)18-35-11-8-19-17-30-26(32-25(19)35)31-22-3-5-23(6-4-22)34-14-12-33(13-15-34)10-1-9-29/h2-8,11,16-17H,1,9-10,12-15,18,29H2,(H,30,31,32). The molecule has 4 aromatic rings. The Morgan fingerprint density at radius 3 is 2.54 bits per heavy atom. The molecule has 35 heavy (non-hydrogen) atoms. The third kappa shape index (κ3) is 5.41. The van der Waals surface area contributed by atoms with Crippen molar-refractivity contribution in [3.05, 3.63) is 78.1 Å². The van der Waals surface area contributed by atoms with Crippen LogP contribution in [0.4, 0.5) is 26.1 Å². The van der Waals surface area contributed by atoms with Gasteiger partial charge in [0.1, 0.15) is 17.3 Å². The average molecular weight is 478 g/mol. The second kappa shape index (κ2) is 10.4. The van der Waals surface area contributed by atoms with Crippen LogP contribution in [0, 0.1) is 11.6 Å². The Hall–Kier alpha value is -3.56. The number of benzene rings is 2. The molecule has 1 fully saturated rings. The molecule has 1 aliphatic heterocycles. The SMILES string of the molecule is NCCCN1CCN(c2ccc(Nc3ncc4ccn(Cc5cc(F)ccc5F)c4n3)cc2)CC1. The van der Waals surface area contributed by atoms with Crippen LogP contribution in [0.15, 0.2) is 60.9 Å². The first kappa shape index (κ1) is 23.2. The maximum absolute atomic E-state index is 14.1. The van der Waals surface area contributed by atoms with E-state index in [0.717, 1.165) is 68.9 Å². The number of nitrogens with zero attached hydrogens (tertiary/aromatic N) is 5. The summed E-state index contributed by atoms with van der Waals surface area (Å²) in [6, 6.07) is 13.6. The zero-order valence-corrected chi connectivity index (χ0v) is 19.5. The molecule has 3 N–H and O–H groups in total. The summed E-state index contributed by atoms with van der Waals surface area (Å²) >= 11 is 0. The normalized spacial score (nSPS) is 14.5. The molecule has 0 aliphatic carbocycles. The molecule has 2 aromatic carbocycles. The van der Waals surface area contributed by atoms with Crippen LogP contribution in [-0.4, -0.2) is 58.7 Å². The molecule has 0 radical (unpaired) electrons. The van der Waals surface area contributed by atoms with E-state index in [1.807, 2.05) is 18.2 Å². The lowest BCUT2D eigenvalue weighted by atomic mass is 10.2. The molecule has 3 heterocycles. The summed E-state index contributed by atoms with van der Waals surface area (Å²) < 4.78 is 29.5. The lowest BCUT2D eigenvalue weighted by molar-refractivity contribution is 0.256. The van der Waals surface area contributed by atoms with Crippen molar-refractivity contribution in [1.29, 1.82) is 0 Å². The number of halogens is 2. The van der Waals surface area contributed by atoms with Crippen LogP contribution in [0.25, 0.3) is 11.0 Å². The molecule has 1 aliphatic rings. The van der Waals surface area contributed by atoms with Gasteiger partial charge in [-0.15, -0.1) is 0 Å². The number of nitrogens with one attached hydrogen (secondary N) is 1. The van der Waals surface area contributed by atoms with Crippen LogP contribution < -0.4 is 16.0 Å². The highest BCUT2D eigenvalue weighted by Crippen LogP contribution is 2.23. The van der Waals surface area contributed by atoms with Gasteiger partial charge in [-0.25, -0.2) is 13.8 Å². The van der Waals surface area contributed by atoms with Crippen molar-refractivity contribution in [3.8, 4) is 0 Å². The Balaban J connectivity index is 1.26. The van der Waals surface area contributed by atoms with Gasteiger partial charge in [-0.05, 0) is 68.0 Å². The molecule has 0 spiro atoms. The first-order valence-electron chi connectivity index (χ1n) is 11.9. The van der Waals surface area contributed by atoms with Crippen LogP contribution in [-0.2, 0) is 6.54 Å². The molecular weight excluding hydrogens is 448 g/mol. The van der Waals surface area contributed by atoms with Crippen molar-refractivity contribution in [2.45, 2.75) is 13.0 Å². The fourth-order valence-corrected chi connectivity index (χ4v) is 4.44. The van der Waals surface area contributed by atoms with Gasteiger partial charge >= 0.3 is 0 Å². The van der Waals surface area contributed by atoms with Crippen LogP contribution in [0.5, 0.6) is 0 Å². The highest BCUT2D eigenvalue weighted by atomic mass is 19.1. The van der Waals surface area contributed by atoms with E-state index in [1.54, 1.807) is 17.0 Å². The number of anilines is 3. The molecule has 5 rings (SSSR count). The van der Waals surface area contributed by atoms with Gasteiger partial charge in [0, 0.05) is 60.9 Å². The van der Waals surface area contributed by atoms with Gasteiger partial charge in [-0.1, -0.05) is 0 Å². The third-order valence-electron chi connectivity index (χ3n) is 6.39. The number of piperazine rings is 1. The zero-order valence-electron chi connectivity index (χ0n) is 19.5. The fraction of sp³-hybridized carbons (Fsp3) is 0.308. The molecule has 0 saturated carbocycles. The van der Waals surface area contributed by atoms with Gasteiger partial charge in [0.25, 0.3) is 0 Å². The van der Waals surface area contributed by atoms with Crippen molar-refractivity contribution in [3.63, 3.8) is 0 Å². The highest BCUT2D eigenvalue weighted by molar-refractivity contribution is 5.77. The number of aromatic nitrogens is 3. The highest BCUT2D eigenvalue weighted by Gasteiger charge is 2.17. The van der Waals surface area contributed by atoms with E-state index >= 15 is 0 Å². The van der Waals surface area contributed by atoms with E-state index < -0.39 is 11.6 Å². The fourth-order valence-electron chi connectivity index (χ4n) is 4.44. The van der Waals surface area contributed by atoms with Gasteiger partial charge in [-0.2, -0.15) is 4.98 Å². The van der Waals surface area contributed by atoms with Crippen LogP contribution in [0.2, 0.25) is 0 Å². The molecule has 182 valence electrons. The van der Waals surface area contributed by atoms with Gasteiger partial charge < -0.3 is 20.5 Å². The zero-order chi connectivity index (χ0) is 24.2. The van der Waals surface area contributed by atoms with Crippen molar-refractivity contribution >= 4 is 28.4 Å². The Labute approximate surface area is 203 Å². The first-order valence-corrected chi connectivity index (χ1v) is 11.9. The Morgan fingerprint density at radius 2 is 1.77 bits per heavy atom. The maximum atomic E-state index is 14.1. The number of nitrogens with two attached hydrogens (primary N) is 1. The number of hydrogen-bond donors (Lipinski definition) is 2.